The summed E-state index contributed by atoms with van der Waals surface area (Å²) >= 11 is 1.23. The molecule has 3 aromatic rings. The molecule has 19 heavy (non-hydrogen) atoms. The van der Waals surface area contributed by atoms with Crippen molar-refractivity contribution >= 4 is 11.3 Å². The molecule has 0 aliphatic rings. The van der Waals surface area contributed by atoms with Crippen LogP contribution in [0.3, 0.4) is 0 Å². The number of thiazole rings is 1. The molecule has 98 valence electrons. The van der Waals surface area contributed by atoms with Gasteiger partial charge in [0, 0.05) is 18.6 Å². The molecular weight excluding hydrogens is 270 g/mol. The van der Waals surface area contributed by atoms with Gasteiger partial charge in [0.2, 0.25) is 0 Å². The zero-order chi connectivity index (χ0) is 14.1. The molecule has 0 amide bonds. The van der Waals surface area contributed by atoms with E-state index < -0.39 is 0 Å². The third kappa shape index (κ3) is 2.15. The Kier molecular flexibility index (Phi) is 2.59. The summed E-state index contributed by atoms with van der Waals surface area (Å²) in [5.74, 6) is 0. The van der Waals surface area contributed by atoms with E-state index in [0.29, 0.717) is 16.4 Å². The normalized spacial score (nSPS) is 11.5. The predicted octanol–water partition coefficient (Wildman–Crippen LogP) is 0.594. The van der Waals surface area contributed by atoms with Crippen LogP contribution in [0, 0.1) is 0 Å². The maximum Gasteiger partial charge on any atom is 0.368 e. The van der Waals surface area contributed by atoms with E-state index in [0.717, 1.165) is 9.36 Å². The topological polar surface area (TPSA) is 88.0 Å². The van der Waals surface area contributed by atoms with Gasteiger partial charge in [-0.05, 0) is 10.4 Å². The molecule has 0 atom stereocenters. The number of aromatic nitrogens is 5. The number of aryl methyl sites for hydroxylation is 1. The molecule has 0 fully saturated rings. The second kappa shape index (κ2) is 4.69. The molecule has 0 N–H and O–H groups in total. The molecule has 3 aromatic heterocycles. The molecule has 0 aliphatic carbocycles. The maximum absolute atomic E-state index is 11.8. The summed E-state index contributed by atoms with van der Waals surface area (Å²) in [6, 6.07) is 0. The van der Waals surface area contributed by atoms with Crippen LogP contribution in [0.2, 0.25) is 0 Å². The molecule has 3 heterocycles. The van der Waals surface area contributed by atoms with Crippen molar-refractivity contribution in [2.75, 3.05) is 0 Å². The van der Waals surface area contributed by atoms with Crippen molar-refractivity contribution in [2.45, 2.75) is 6.61 Å². The summed E-state index contributed by atoms with van der Waals surface area (Å²) in [7, 11) is 1.51. The Morgan fingerprint density at radius 2 is 2.42 bits per heavy atom. The van der Waals surface area contributed by atoms with Gasteiger partial charge in [0.25, 0.3) is 5.19 Å². The highest BCUT2D eigenvalue weighted by atomic mass is 32.1. The molecule has 3 rings (SSSR count). The number of ether oxygens (including phenoxy) is 1. The summed E-state index contributed by atoms with van der Waals surface area (Å²) < 4.78 is 20.1. The Labute approximate surface area is 112 Å². The van der Waals surface area contributed by atoms with E-state index in [1.165, 1.54) is 30.9 Å². The van der Waals surface area contributed by atoms with Crippen molar-refractivity contribution in [3.8, 4) is 10.9 Å². The van der Waals surface area contributed by atoms with Crippen LogP contribution in [0.4, 0.5) is 0 Å². The van der Waals surface area contributed by atoms with E-state index >= 15 is 0 Å². The Hall–Kier alpha value is -2.42. The molecule has 0 unspecified atom stereocenters. The first-order valence-corrected chi connectivity index (χ1v) is 6.12. The van der Waals surface area contributed by atoms with Gasteiger partial charge in [0.1, 0.15) is 18.6 Å². The van der Waals surface area contributed by atoms with Gasteiger partial charge in [-0.2, -0.15) is 9.36 Å². The van der Waals surface area contributed by atoms with E-state index in [1.54, 1.807) is 5.38 Å². The van der Waals surface area contributed by atoms with E-state index in [4.69, 9.17) is 10.5 Å². The largest absolute Gasteiger partial charge is 0.470 e. The monoisotopic (exact) mass is 281 g/mol. The lowest BCUT2D eigenvalue weighted by molar-refractivity contribution is 0.302. The number of hydrogen-bond acceptors (Lipinski definition) is 7. The molecule has 0 saturated carbocycles. The van der Waals surface area contributed by atoms with Gasteiger partial charge in [-0.25, -0.2) is 9.78 Å². The zero-order valence-corrected chi connectivity index (χ0v) is 10.6. The molecular formula is C10H9N5O3S. The van der Waals surface area contributed by atoms with Crippen LogP contribution in [0.25, 0.3) is 5.69 Å². The fraction of sp³-hybridized carbons (Fsp3) is 0.200. The Bertz CT molecular complexity index is 789. The van der Waals surface area contributed by atoms with Crippen LogP contribution < -0.4 is 10.4 Å². The Morgan fingerprint density at radius 3 is 3.11 bits per heavy atom. The molecule has 0 spiro atoms. The summed E-state index contributed by atoms with van der Waals surface area (Å²) in [6.07, 6.45) is 3.01. The first-order valence-electron chi connectivity index (χ1n) is 5.74. The summed E-state index contributed by atoms with van der Waals surface area (Å²) in [6.45, 7) is 0.155. The minimum atomic E-state index is -0.379. The average Bonchev–Trinajstić information content (AvgIpc) is 3.11. The first kappa shape index (κ1) is 10.5. The minimum Gasteiger partial charge on any atom is -0.470 e. The lowest BCUT2D eigenvalue weighted by atomic mass is 10.3. The van der Waals surface area contributed by atoms with E-state index in [2.05, 4.69) is 15.4 Å². The molecule has 0 saturated heterocycles. The van der Waals surface area contributed by atoms with Crippen molar-refractivity contribution in [1.82, 2.24) is 24.8 Å². The van der Waals surface area contributed by atoms with Gasteiger partial charge in [-0.1, -0.05) is 11.3 Å². The lowest BCUT2D eigenvalue weighted by Crippen LogP contribution is -2.22. The number of hydrogen-bond donors (Lipinski definition) is 0. The van der Waals surface area contributed by atoms with Crippen LogP contribution in [-0.4, -0.2) is 24.8 Å². The van der Waals surface area contributed by atoms with Crippen LogP contribution in [0.5, 0.6) is 5.19 Å². The second-order valence-electron chi connectivity index (χ2n) is 3.61. The van der Waals surface area contributed by atoms with Crippen molar-refractivity contribution in [3.63, 3.8) is 0 Å². The molecule has 0 radical (unpaired) electrons. The van der Waals surface area contributed by atoms with Crippen molar-refractivity contribution in [2.24, 2.45) is 7.05 Å². The van der Waals surface area contributed by atoms with Gasteiger partial charge in [0.15, 0.2) is 0 Å². The quantitative estimate of drug-likeness (QED) is 0.695. The van der Waals surface area contributed by atoms with E-state index in [-0.39, 0.29) is 18.5 Å². The highest BCUT2D eigenvalue weighted by Gasteiger charge is 2.14. The van der Waals surface area contributed by atoms with Gasteiger partial charge in [0.05, 0.1) is 13.2 Å². The highest BCUT2D eigenvalue weighted by molar-refractivity contribution is 7.11. The van der Waals surface area contributed by atoms with Crippen LogP contribution >= 0.6 is 11.3 Å². The number of rotatable bonds is 4. The smallest absolute Gasteiger partial charge is 0.368 e. The van der Waals surface area contributed by atoms with Crippen molar-refractivity contribution in [1.29, 1.82) is 0 Å². The van der Waals surface area contributed by atoms with Gasteiger partial charge in [-0.3, -0.25) is 0 Å². The number of furan rings is 1. The molecule has 8 nitrogen and oxygen atoms in total. The molecule has 0 aromatic carbocycles. The molecule has 0 bridgehead atoms. The van der Waals surface area contributed by atoms with Crippen molar-refractivity contribution < 1.29 is 10.5 Å². The van der Waals surface area contributed by atoms with Crippen LogP contribution in [0.1, 0.15) is 6.93 Å². The fourth-order valence-corrected chi connectivity index (χ4v) is 1.90. The average molecular weight is 281 g/mol. The SMILES string of the molecule is [3H]c1csc(OCc2cocc2-n2nnn(C)c2=O)n1. The zero-order valence-electron chi connectivity index (χ0n) is 10.8. The van der Waals surface area contributed by atoms with Crippen LogP contribution in [-0.2, 0) is 13.7 Å². The van der Waals surface area contributed by atoms with E-state index in [9.17, 15) is 4.79 Å². The third-order valence-electron chi connectivity index (χ3n) is 2.39. The van der Waals surface area contributed by atoms with Gasteiger partial charge in [-0.15, -0.1) is 0 Å². The minimum absolute atomic E-state index is 0.155. The van der Waals surface area contributed by atoms with E-state index in [1.807, 2.05) is 0 Å². The number of nitrogens with zero attached hydrogens (tertiary/aromatic N) is 5. The summed E-state index contributed by atoms with van der Waals surface area (Å²) in [5, 5.41) is 9.32. The van der Waals surface area contributed by atoms with Gasteiger partial charge >= 0.3 is 5.69 Å². The van der Waals surface area contributed by atoms with Gasteiger partial charge < -0.3 is 9.15 Å². The second-order valence-corrected chi connectivity index (χ2v) is 4.43. The summed E-state index contributed by atoms with van der Waals surface area (Å²) in [4.78, 5) is 15.6. The lowest BCUT2D eigenvalue weighted by Gasteiger charge is -2.01. The van der Waals surface area contributed by atoms with Crippen molar-refractivity contribution in [3.05, 3.63) is 40.1 Å². The molecule has 9 heteroatoms. The molecule has 0 aliphatic heterocycles. The first-order chi connectivity index (χ1) is 9.65. The highest BCUT2D eigenvalue weighted by Crippen LogP contribution is 2.19. The standard InChI is InChI=1S/C10H9N5O3S/c1-14-10(16)15(13-12-14)8-6-17-4-7(8)5-18-9-11-2-3-19-9/h2-4,6H,5H2,1H3/i2T. The van der Waals surface area contributed by atoms with Crippen LogP contribution in [0.15, 0.2) is 33.3 Å². The maximum atomic E-state index is 11.8. The fourth-order valence-electron chi connectivity index (χ4n) is 1.46. The summed E-state index contributed by atoms with van der Waals surface area (Å²) in [5.41, 5.74) is 0.718. The Morgan fingerprint density at radius 1 is 1.53 bits per heavy atom. The third-order valence-corrected chi connectivity index (χ3v) is 3.02. The number of tetrazole rings is 1. The Balaban J connectivity index is 1.83. The predicted molar refractivity (Wildman–Crippen MR) is 65.3 cm³/mol.